The summed E-state index contributed by atoms with van der Waals surface area (Å²) in [5.41, 5.74) is 3.21. The summed E-state index contributed by atoms with van der Waals surface area (Å²) in [5.74, 6) is 2.15. The van der Waals surface area contributed by atoms with Gasteiger partial charge < -0.3 is 15.4 Å². The first-order valence-electron chi connectivity index (χ1n) is 8.85. The molecule has 0 saturated heterocycles. The number of hydrogen-bond donors (Lipinski definition) is 2. The van der Waals surface area contributed by atoms with E-state index in [1.165, 1.54) is 5.56 Å². The molecule has 2 N–H and O–H groups in total. The van der Waals surface area contributed by atoms with Gasteiger partial charge in [-0.25, -0.2) is 4.98 Å². The van der Waals surface area contributed by atoms with E-state index in [-0.39, 0.29) is 6.10 Å². The number of ether oxygens (including phenoxy) is 1. The Morgan fingerprint density at radius 1 is 0.962 bits per heavy atom. The van der Waals surface area contributed by atoms with Gasteiger partial charge in [-0.15, -0.1) is 0 Å². The van der Waals surface area contributed by atoms with Gasteiger partial charge in [-0.1, -0.05) is 25.1 Å². The number of benzene rings is 2. The monoisotopic (exact) mass is 348 g/mol. The molecular formula is C21H24N4O. The van der Waals surface area contributed by atoms with Crippen LogP contribution in [0, 0.1) is 0 Å². The van der Waals surface area contributed by atoms with Crippen LogP contribution in [0.5, 0.6) is 5.75 Å². The van der Waals surface area contributed by atoms with Gasteiger partial charge in [0.1, 0.15) is 11.6 Å². The summed E-state index contributed by atoms with van der Waals surface area (Å²) in [5, 5.41) is 6.59. The minimum absolute atomic E-state index is 0.162. The Morgan fingerprint density at radius 2 is 1.73 bits per heavy atom. The predicted molar refractivity (Wildman–Crippen MR) is 107 cm³/mol. The lowest BCUT2D eigenvalue weighted by Gasteiger charge is -2.12. The summed E-state index contributed by atoms with van der Waals surface area (Å²) in [6.45, 7) is 6.16. The van der Waals surface area contributed by atoms with Crippen molar-refractivity contribution >= 4 is 23.1 Å². The second kappa shape index (κ2) is 8.34. The number of rotatable bonds is 7. The molecule has 0 saturated carbocycles. The van der Waals surface area contributed by atoms with Crippen molar-refractivity contribution in [1.29, 1.82) is 0 Å². The number of aromatic nitrogens is 2. The van der Waals surface area contributed by atoms with E-state index in [0.29, 0.717) is 5.95 Å². The molecule has 3 rings (SSSR count). The van der Waals surface area contributed by atoms with Crippen LogP contribution in [0.1, 0.15) is 26.3 Å². The lowest BCUT2D eigenvalue weighted by atomic mass is 10.1. The standard InChI is InChI=1S/C21H24N4O/c1-4-16-7-5-6-8-19(16)24-21-22-14-13-20(25-21)23-17-9-11-18(12-10-17)26-15(2)3/h5-15H,4H2,1-3H3,(H2,22,23,24,25). The third-order valence-corrected chi connectivity index (χ3v) is 3.80. The van der Waals surface area contributed by atoms with Gasteiger partial charge in [0.2, 0.25) is 5.95 Å². The molecule has 1 heterocycles. The molecule has 26 heavy (non-hydrogen) atoms. The van der Waals surface area contributed by atoms with E-state index >= 15 is 0 Å². The average Bonchev–Trinajstić information content (AvgIpc) is 2.64. The Bertz CT molecular complexity index is 847. The Kier molecular flexibility index (Phi) is 5.69. The lowest BCUT2D eigenvalue weighted by Crippen LogP contribution is -2.05. The van der Waals surface area contributed by atoms with Crippen LogP contribution in [0.4, 0.5) is 23.1 Å². The Hall–Kier alpha value is -3.08. The molecule has 5 nitrogen and oxygen atoms in total. The van der Waals surface area contributed by atoms with E-state index in [4.69, 9.17) is 4.74 Å². The minimum atomic E-state index is 0.162. The van der Waals surface area contributed by atoms with E-state index < -0.39 is 0 Å². The highest BCUT2D eigenvalue weighted by Gasteiger charge is 2.04. The van der Waals surface area contributed by atoms with E-state index in [2.05, 4.69) is 33.6 Å². The molecular weight excluding hydrogens is 324 g/mol. The van der Waals surface area contributed by atoms with Gasteiger partial charge in [0.15, 0.2) is 0 Å². The van der Waals surface area contributed by atoms with Crippen molar-refractivity contribution in [1.82, 2.24) is 9.97 Å². The SMILES string of the molecule is CCc1ccccc1Nc1nccc(Nc2ccc(OC(C)C)cc2)n1. The zero-order valence-corrected chi connectivity index (χ0v) is 15.4. The summed E-state index contributed by atoms with van der Waals surface area (Å²) in [6, 6.07) is 17.9. The van der Waals surface area contributed by atoms with Gasteiger partial charge in [-0.2, -0.15) is 4.98 Å². The van der Waals surface area contributed by atoms with Gasteiger partial charge in [0.25, 0.3) is 0 Å². The molecule has 0 amide bonds. The first-order chi connectivity index (χ1) is 12.6. The molecule has 0 atom stereocenters. The molecule has 0 aliphatic carbocycles. The summed E-state index contributed by atoms with van der Waals surface area (Å²) < 4.78 is 5.66. The summed E-state index contributed by atoms with van der Waals surface area (Å²) in [7, 11) is 0. The van der Waals surface area contributed by atoms with Gasteiger partial charge in [0.05, 0.1) is 6.10 Å². The number of nitrogens with zero attached hydrogens (tertiary/aromatic N) is 2. The normalized spacial score (nSPS) is 10.6. The second-order valence-corrected chi connectivity index (χ2v) is 6.22. The Labute approximate surface area is 154 Å². The zero-order valence-electron chi connectivity index (χ0n) is 15.4. The lowest BCUT2D eigenvalue weighted by molar-refractivity contribution is 0.242. The molecule has 1 aromatic heterocycles. The van der Waals surface area contributed by atoms with Crippen molar-refractivity contribution in [3.8, 4) is 5.75 Å². The van der Waals surface area contributed by atoms with E-state index in [0.717, 1.165) is 29.4 Å². The van der Waals surface area contributed by atoms with Crippen molar-refractivity contribution in [2.24, 2.45) is 0 Å². The fourth-order valence-electron chi connectivity index (χ4n) is 2.60. The molecule has 134 valence electrons. The van der Waals surface area contributed by atoms with Gasteiger partial charge in [0, 0.05) is 17.6 Å². The molecule has 0 aliphatic rings. The van der Waals surface area contributed by atoms with E-state index in [1.807, 2.05) is 62.4 Å². The highest BCUT2D eigenvalue weighted by molar-refractivity contribution is 5.61. The van der Waals surface area contributed by atoms with Crippen molar-refractivity contribution in [2.45, 2.75) is 33.3 Å². The quantitative estimate of drug-likeness (QED) is 0.606. The molecule has 5 heteroatoms. The third kappa shape index (κ3) is 4.72. The van der Waals surface area contributed by atoms with Crippen molar-refractivity contribution < 1.29 is 4.74 Å². The molecule has 3 aromatic rings. The van der Waals surface area contributed by atoms with Gasteiger partial charge in [-0.05, 0) is 62.2 Å². The van der Waals surface area contributed by atoms with Gasteiger partial charge >= 0.3 is 0 Å². The van der Waals surface area contributed by atoms with Crippen LogP contribution < -0.4 is 15.4 Å². The zero-order chi connectivity index (χ0) is 18.4. The molecule has 0 unspecified atom stereocenters. The van der Waals surface area contributed by atoms with E-state index in [1.54, 1.807) is 6.20 Å². The summed E-state index contributed by atoms with van der Waals surface area (Å²) in [6.07, 6.45) is 2.85. The topological polar surface area (TPSA) is 59.1 Å². The van der Waals surface area contributed by atoms with Crippen molar-refractivity contribution in [2.75, 3.05) is 10.6 Å². The maximum absolute atomic E-state index is 5.66. The molecule has 0 spiro atoms. The van der Waals surface area contributed by atoms with Crippen LogP contribution in [0.3, 0.4) is 0 Å². The summed E-state index contributed by atoms with van der Waals surface area (Å²) >= 11 is 0. The maximum Gasteiger partial charge on any atom is 0.229 e. The van der Waals surface area contributed by atoms with Crippen LogP contribution in [0.15, 0.2) is 60.8 Å². The fraction of sp³-hybridized carbons (Fsp3) is 0.238. The summed E-state index contributed by atoms with van der Waals surface area (Å²) in [4.78, 5) is 8.86. The smallest absolute Gasteiger partial charge is 0.229 e. The van der Waals surface area contributed by atoms with Crippen LogP contribution >= 0.6 is 0 Å². The van der Waals surface area contributed by atoms with Crippen LogP contribution in [0.2, 0.25) is 0 Å². The Morgan fingerprint density at radius 3 is 2.46 bits per heavy atom. The van der Waals surface area contributed by atoms with Gasteiger partial charge in [-0.3, -0.25) is 0 Å². The Balaban J connectivity index is 1.71. The average molecular weight is 348 g/mol. The minimum Gasteiger partial charge on any atom is -0.491 e. The first-order valence-corrected chi connectivity index (χ1v) is 8.85. The third-order valence-electron chi connectivity index (χ3n) is 3.80. The highest BCUT2D eigenvalue weighted by atomic mass is 16.5. The predicted octanol–water partition coefficient (Wildman–Crippen LogP) is 5.31. The number of anilines is 4. The maximum atomic E-state index is 5.66. The van der Waals surface area contributed by atoms with Crippen LogP contribution in [-0.4, -0.2) is 16.1 Å². The molecule has 0 radical (unpaired) electrons. The molecule has 2 aromatic carbocycles. The number of aryl methyl sites for hydroxylation is 1. The van der Waals surface area contributed by atoms with Crippen molar-refractivity contribution in [3.63, 3.8) is 0 Å². The van der Waals surface area contributed by atoms with Crippen molar-refractivity contribution in [3.05, 3.63) is 66.4 Å². The molecule has 0 bridgehead atoms. The molecule has 0 aliphatic heterocycles. The number of hydrogen-bond acceptors (Lipinski definition) is 5. The largest absolute Gasteiger partial charge is 0.491 e. The fourth-order valence-corrected chi connectivity index (χ4v) is 2.60. The molecule has 0 fully saturated rings. The van der Waals surface area contributed by atoms with E-state index in [9.17, 15) is 0 Å². The number of para-hydroxylation sites is 1. The number of nitrogens with one attached hydrogen (secondary N) is 2. The highest BCUT2D eigenvalue weighted by Crippen LogP contribution is 2.22. The van der Waals surface area contributed by atoms with Crippen LogP contribution in [0.25, 0.3) is 0 Å². The van der Waals surface area contributed by atoms with Crippen LogP contribution in [-0.2, 0) is 6.42 Å². The second-order valence-electron chi connectivity index (χ2n) is 6.22. The first kappa shape index (κ1) is 17.7.